The third-order valence-electron chi connectivity index (χ3n) is 9.16. The van der Waals surface area contributed by atoms with E-state index in [9.17, 15) is 28.2 Å². The molecule has 1 saturated heterocycles. The molecular weight excluding hydrogens is 669 g/mol. The quantitative estimate of drug-likeness (QED) is 0.0807. The Morgan fingerprint density at radius 1 is 0.843 bits per heavy atom. The largest absolute Gasteiger partial charge is 0.390 e. The maximum Gasteiger partial charge on any atom is 0.280 e. The van der Waals surface area contributed by atoms with Crippen molar-refractivity contribution < 1.29 is 33.0 Å². The Hall–Kier alpha value is -3.13. The van der Waals surface area contributed by atoms with Crippen LogP contribution in [0, 0.1) is 5.92 Å². The predicted molar refractivity (Wildman–Crippen MR) is 201 cm³/mol. The van der Waals surface area contributed by atoms with Crippen molar-refractivity contribution >= 4 is 22.0 Å². The highest BCUT2D eigenvalue weighted by atomic mass is 32.2. The first-order chi connectivity index (χ1) is 24.5. The van der Waals surface area contributed by atoms with Crippen LogP contribution >= 0.6 is 0 Å². The number of nitrogens with one attached hydrogen (secondary N) is 3. The van der Waals surface area contributed by atoms with Crippen molar-refractivity contribution in [1.29, 1.82) is 0 Å². The van der Waals surface area contributed by atoms with E-state index in [4.69, 9.17) is 4.74 Å². The molecule has 51 heavy (non-hydrogen) atoms. The van der Waals surface area contributed by atoms with E-state index in [0.717, 1.165) is 50.5 Å². The average Bonchev–Trinajstić information content (AvgIpc) is 3.12. The number of benzene rings is 2. The van der Waals surface area contributed by atoms with Gasteiger partial charge in [0.05, 0.1) is 31.5 Å². The van der Waals surface area contributed by atoms with E-state index in [0.29, 0.717) is 12.8 Å². The second kappa shape index (κ2) is 22.7. The van der Waals surface area contributed by atoms with E-state index in [1.807, 2.05) is 26.0 Å². The molecule has 284 valence electrons. The van der Waals surface area contributed by atoms with Crippen LogP contribution in [-0.4, -0.2) is 91.4 Å². The molecule has 2 aromatic carbocycles. The summed E-state index contributed by atoms with van der Waals surface area (Å²) in [6.07, 6.45) is 7.32. The smallest absolute Gasteiger partial charge is 0.280 e. The topological polar surface area (TPSA) is 157 Å². The SMILES string of the molecule is C=CC[C@H](NC(=O)[C@H](Cc1ccccc1)NS(=O)(=O)N1CCOCC1)C(=O)N[C@@H](CCCCCCCCc1ccccc1)[C@@H](O)[C@@H](O)CC(C)C. The number of amides is 2. The zero-order chi connectivity index (χ0) is 37.1. The van der Waals surface area contributed by atoms with Gasteiger partial charge in [0.1, 0.15) is 12.1 Å². The minimum atomic E-state index is -4.04. The molecule has 1 fully saturated rings. The molecule has 12 heteroatoms. The first kappa shape index (κ1) is 42.3. The molecule has 1 heterocycles. The Kier molecular flexibility index (Phi) is 18.8. The van der Waals surface area contributed by atoms with Crippen molar-refractivity contribution in [3.63, 3.8) is 0 Å². The molecule has 1 aliphatic heterocycles. The van der Waals surface area contributed by atoms with E-state index >= 15 is 0 Å². The van der Waals surface area contributed by atoms with Crippen molar-refractivity contribution in [2.45, 2.75) is 115 Å². The van der Waals surface area contributed by atoms with Crippen LogP contribution in [0.4, 0.5) is 0 Å². The van der Waals surface area contributed by atoms with Crippen LogP contribution in [0.25, 0.3) is 0 Å². The highest BCUT2D eigenvalue weighted by Gasteiger charge is 2.34. The Balaban J connectivity index is 1.64. The van der Waals surface area contributed by atoms with Crippen molar-refractivity contribution in [2.24, 2.45) is 5.92 Å². The van der Waals surface area contributed by atoms with Crippen molar-refractivity contribution in [3.05, 3.63) is 84.4 Å². The third-order valence-corrected chi connectivity index (χ3v) is 10.8. The van der Waals surface area contributed by atoms with Gasteiger partial charge in [-0.25, -0.2) is 0 Å². The zero-order valence-electron chi connectivity index (χ0n) is 30.4. The van der Waals surface area contributed by atoms with Gasteiger partial charge in [-0.2, -0.15) is 17.4 Å². The molecule has 0 aliphatic carbocycles. The molecule has 2 aromatic rings. The maximum absolute atomic E-state index is 13.8. The summed E-state index contributed by atoms with van der Waals surface area (Å²) in [5, 5.41) is 27.7. The molecule has 0 radical (unpaired) electrons. The lowest BCUT2D eigenvalue weighted by Crippen LogP contribution is -2.58. The summed E-state index contributed by atoms with van der Waals surface area (Å²) in [5.74, 6) is -1.07. The predicted octanol–water partition coefficient (Wildman–Crippen LogP) is 4.05. The van der Waals surface area contributed by atoms with E-state index in [1.165, 1.54) is 15.9 Å². The molecule has 5 N–H and O–H groups in total. The van der Waals surface area contributed by atoms with Crippen LogP contribution in [0.1, 0.15) is 82.8 Å². The molecule has 3 rings (SSSR count). The number of rotatable bonds is 24. The number of aliphatic hydroxyl groups excluding tert-OH is 2. The van der Waals surface area contributed by atoms with Gasteiger partial charge in [-0.05, 0) is 55.6 Å². The summed E-state index contributed by atoms with van der Waals surface area (Å²) in [4.78, 5) is 27.5. The monoisotopic (exact) mass is 728 g/mol. The number of unbranched alkanes of at least 4 members (excludes halogenated alkanes) is 5. The van der Waals surface area contributed by atoms with Gasteiger partial charge in [0.2, 0.25) is 11.8 Å². The second-order valence-corrected chi connectivity index (χ2v) is 15.6. The van der Waals surface area contributed by atoms with Gasteiger partial charge < -0.3 is 25.6 Å². The fourth-order valence-corrected chi connectivity index (χ4v) is 7.63. The van der Waals surface area contributed by atoms with Crippen LogP contribution in [0.2, 0.25) is 0 Å². The standard InChI is InChI=1S/C39H60N4O7S/c1-4-17-34(41-39(47)35(29-32-21-14-10-15-22-32)42-51(48,49)43-24-26-50-27-25-43)38(46)40-33(37(45)36(44)28-30(2)3)23-16-8-6-5-7-11-18-31-19-12-9-13-20-31/h4,9-10,12-15,19-22,30,33-37,42,44-45H,1,5-8,11,16-18,23-29H2,2-3H3,(H,40,46)(H,41,47)/t33-,34-,35-,36-,37+/m0/s1. The van der Waals surface area contributed by atoms with Gasteiger partial charge in [0, 0.05) is 13.1 Å². The molecule has 1 aliphatic rings. The van der Waals surface area contributed by atoms with E-state index in [-0.39, 0.29) is 45.1 Å². The lowest BCUT2D eigenvalue weighted by molar-refractivity contribution is -0.131. The molecular formula is C39H60N4O7S. The van der Waals surface area contributed by atoms with Crippen LogP contribution in [-0.2, 0) is 37.4 Å². The van der Waals surface area contributed by atoms with Crippen LogP contribution < -0.4 is 15.4 Å². The zero-order valence-corrected chi connectivity index (χ0v) is 31.2. The van der Waals surface area contributed by atoms with E-state index < -0.39 is 52.4 Å². The number of aliphatic hydroxyl groups is 2. The fraction of sp³-hybridized carbons (Fsp3) is 0.590. The molecule has 2 amide bonds. The summed E-state index contributed by atoms with van der Waals surface area (Å²) in [5.41, 5.74) is 2.09. The van der Waals surface area contributed by atoms with Gasteiger partial charge in [0.15, 0.2) is 0 Å². The first-order valence-corrected chi connectivity index (χ1v) is 19.9. The average molecular weight is 729 g/mol. The molecule has 0 spiro atoms. The highest BCUT2D eigenvalue weighted by Crippen LogP contribution is 2.18. The lowest BCUT2D eigenvalue weighted by Gasteiger charge is -2.31. The minimum absolute atomic E-state index is 0.0632. The van der Waals surface area contributed by atoms with Crippen molar-refractivity contribution in [1.82, 2.24) is 19.7 Å². The summed E-state index contributed by atoms with van der Waals surface area (Å²) in [7, 11) is -4.04. The number of hydrogen-bond acceptors (Lipinski definition) is 7. The van der Waals surface area contributed by atoms with Crippen LogP contribution in [0.15, 0.2) is 73.3 Å². The Labute approximate surface area is 305 Å². The fourth-order valence-electron chi connectivity index (χ4n) is 6.30. The maximum atomic E-state index is 13.8. The van der Waals surface area contributed by atoms with E-state index in [2.05, 4.69) is 46.2 Å². The number of aryl methyl sites for hydroxylation is 1. The second-order valence-electron chi connectivity index (χ2n) is 13.9. The summed E-state index contributed by atoms with van der Waals surface area (Å²) >= 11 is 0. The number of morpholine rings is 1. The molecule has 11 nitrogen and oxygen atoms in total. The molecule has 0 bridgehead atoms. The Morgan fingerprint density at radius 2 is 1.41 bits per heavy atom. The first-order valence-electron chi connectivity index (χ1n) is 18.5. The minimum Gasteiger partial charge on any atom is -0.390 e. The van der Waals surface area contributed by atoms with Gasteiger partial charge in [0.25, 0.3) is 10.2 Å². The summed E-state index contributed by atoms with van der Waals surface area (Å²) in [6, 6.07) is 16.5. The molecule has 0 aromatic heterocycles. The molecule has 0 saturated carbocycles. The normalized spacial score (nSPS) is 16.9. The third kappa shape index (κ3) is 15.6. The lowest BCUT2D eigenvalue weighted by atomic mass is 9.93. The Bertz CT molecular complexity index is 1410. The highest BCUT2D eigenvalue weighted by molar-refractivity contribution is 7.87. The van der Waals surface area contributed by atoms with Crippen molar-refractivity contribution in [3.8, 4) is 0 Å². The van der Waals surface area contributed by atoms with Gasteiger partial charge in [-0.1, -0.05) is 113 Å². The number of carbonyl (C=O) groups is 2. The Morgan fingerprint density at radius 3 is 2.02 bits per heavy atom. The van der Waals surface area contributed by atoms with Gasteiger partial charge in [-0.3, -0.25) is 9.59 Å². The van der Waals surface area contributed by atoms with Crippen molar-refractivity contribution in [2.75, 3.05) is 26.3 Å². The van der Waals surface area contributed by atoms with Crippen LogP contribution in [0.3, 0.4) is 0 Å². The molecule has 0 unspecified atom stereocenters. The number of hydrogen-bond donors (Lipinski definition) is 5. The number of nitrogens with zero attached hydrogens (tertiary/aromatic N) is 1. The van der Waals surface area contributed by atoms with Crippen LogP contribution in [0.5, 0.6) is 0 Å². The number of carbonyl (C=O) groups excluding carboxylic acids is 2. The van der Waals surface area contributed by atoms with Gasteiger partial charge in [-0.15, -0.1) is 6.58 Å². The molecule has 5 atom stereocenters. The van der Waals surface area contributed by atoms with E-state index in [1.54, 1.807) is 24.3 Å². The summed E-state index contributed by atoms with van der Waals surface area (Å²) < 4.78 is 35.7. The number of ether oxygens (including phenoxy) is 1. The summed E-state index contributed by atoms with van der Waals surface area (Å²) in [6.45, 7) is 8.50. The van der Waals surface area contributed by atoms with Gasteiger partial charge >= 0.3 is 0 Å².